The molecule has 2 fully saturated rings. The quantitative estimate of drug-likeness (QED) is 0.461. The van der Waals surface area contributed by atoms with Crippen LogP contribution in [0.4, 0.5) is 15.3 Å². The first-order valence-electron chi connectivity index (χ1n) is 12.1. The number of hydrogen-bond donors (Lipinski definition) is 0. The summed E-state index contributed by atoms with van der Waals surface area (Å²) in [6.45, 7) is 16.0. The van der Waals surface area contributed by atoms with Gasteiger partial charge in [0.15, 0.2) is 0 Å². The van der Waals surface area contributed by atoms with E-state index in [1.165, 1.54) is 0 Å². The number of benzene rings is 1. The molecule has 2 aliphatic heterocycles. The zero-order valence-corrected chi connectivity index (χ0v) is 20.9. The fourth-order valence-electron chi connectivity index (χ4n) is 6.40. The van der Waals surface area contributed by atoms with E-state index >= 15 is 0 Å². The van der Waals surface area contributed by atoms with Crippen molar-refractivity contribution in [2.75, 3.05) is 11.4 Å². The highest BCUT2D eigenvalue weighted by atomic mass is 16.6. The fourth-order valence-corrected chi connectivity index (χ4v) is 6.40. The zero-order valence-electron chi connectivity index (χ0n) is 20.9. The van der Waals surface area contributed by atoms with Crippen LogP contribution in [-0.2, 0) is 14.9 Å². The van der Waals surface area contributed by atoms with Gasteiger partial charge in [0.1, 0.15) is 16.9 Å². The Morgan fingerprint density at radius 3 is 2.27 bits per heavy atom. The lowest BCUT2D eigenvalue weighted by Crippen LogP contribution is -2.67. The number of carbonyl (C=O) groups excluding carboxylic acids is 2. The van der Waals surface area contributed by atoms with Crippen molar-refractivity contribution in [1.82, 2.24) is 4.90 Å². The molecule has 0 bridgehead atoms. The molecule has 2 heterocycles. The Bertz CT molecular complexity index is 960. The average molecular weight is 455 g/mol. The first-order chi connectivity index (χ1) is 15.4. The highest BCUT2D eigenvalue weighted by molar-refractivity contribution is 5.96. The summed E-state index contributed by atoms with van der Waals surface area (Å²) in [5.41, 5.74) is -0.704. The number of carbonyl (C=O) groups is 2. The summed E-state index contributed by atoms with van der Waals surface area (Å²) in [5.74, 6) is 0.126. The minimum absolute atomic E-state index is 0.126. The number of ether oxygens (including phenoxy) is 2. The number of nitrogens with zero attached hydrogens (tertiary/aromatic N) is 2. The summed E-state index contributed by atoms with van der Waals surface area (Å²) < 4.78 is 11.8. The lowest BCUT2D eigenvalue weighted by molar-refractivity contribution is -0.00906. The highest BCUT2D eigenvalue weighted by Crippen LogP contribution is 2.66. The molecule has 4 rings (SSSR count). The van der Waals surface area contributed by atoms with E-state index in [0.29, 0.717) is 13.0 Å². The highest BCUT2D eigenvalue weighted by Gasteiger charge is 2.73. The Morgan fingerprint density at radius 1 is 1.00 bits per heavy atom. The predicted molar refractivity (Wildman–Crippen MR) is 129 cm³/mol. The maximum absolute atomic E-state index is 13.9. The molecule has 1 aromatic carbocycles. The van der Waals surface area contributed by atoms with Gasteiger partial charge in [-0.15, -0.1) is 6.58 Å². The van der Waals surface area contributed by atoms with Crippen LogP contribution in [0.25, 0.3) is 0 Å². The predicted octanol–water partition coefficient (Wildman–Crippen LogP) is 6.39. The van der Waals surface area contributed by atoms with Crippen LogP contribution in [0, 0.1) is 5.92 Å². The number of anilines is 1. The molecular weight excluding hydrogens is 416 g/mol. The number of hydrogen-bond acceptors (Lipinski definition) is 4. The van der Waals surface area contributed by atoms with Gasteiger partial charge in [-0.3, -0.25) is 9.80 Å². The van der Waals surface area contributed by atoms with E-state index in [4.69, 9.17) is 9.47 Å². The molecule has 1 unspecified atom stereocenters. The summed E-state index contributed by atoms with van der Waals surface area (Å²) in [7, 11) is 0. The van der Waals surface area contributed by atoms with Crippen LogP contribution in [0.2, 0.25) is 0 Å². The minimum Gasteiger partial charge on any atom is -0.444 e. The van der Waals surface area contributed by atoms with Gasteiger partial charge >= 0.3 is 12.2 Å². The smallest absolute Gasteiger partial charge is 0.416 e. The van der Waals surface area contributed by atoms with Gasteiger partial charge in [0, 0.05) is 12.0 Å². The Labute approximate surface area is 197 Å². The molecule has 0 N–H and O–H groups in total. The summed E-state index contributed by atoms with van der Waals surface area (Å²) in [6.07, 6.45) is 5.56. The average Bonchev–Trinajstić information content (AvgIpc) is 3.07. The summed E-state index contributed by atoms with van der Waals surface area (Å²) in [6, 6.07) is 8.08. The molecule has 6 heteroatoms. The molecule has 1 saturated heterocycles. The second-order valence-corrected chi connectivity index (χ2v) is 11.6. The molecule has 3 atom stereocenters. The van der Waals surface area contributed by atoms with E-state index in [-0.39, 0.29) is 12.0 Å². The molecule has 2 amide bonds. The lowest BCUT2D eigenvalue weighted by Gasteiger charge is -2.50. The Kier molecular flexibility index (Phi) is 5.58. The number of amides is 2. The maximum atomic E-state index is 13.9. The van der Waals surface area contributed by atoms with Gasteiger partial charge in [0.2, 0.25) is 0 Å². The number of fused-ring (bicyclic) bond motifs is 1. The number of para-hydroxylation sites is 1. The van der Waals surface area contributed by atoms with Crippen molar-refractivity contribution in [1.29, 1.82) is 0 Å². The van der Waals surface area contributed by atoms with Crippen LogP contribution in [0.5, 0.6) is 0 Å². The molecule has 33 heavy (non-hydrogen) atoms. The SMILES string of the molecule is C=CC1CCCC[C@]23N(C(=O)OC(C)(C)C)CC[C@]12c1ccccc1N3C(=O)OC(C)(C)C. The van der Waals surface area contributed by atoms with Crippen LogP contribution in [0.1, 0.15) is 79.2 Å². The largest absolute Gasteiger partial charge is 0.444 e. The molecule has 180 valence electrons. The number of allylic oxidation sites excluding steroid dienone is 1. The molecule has 0 spiro atoms. The first kappa shape index (κ1) is 23.7. The van der Waals surface area contributed by atoms with Gasteiger partial charge in [-0.1, -0.05) is 30.7 Å². The van der Waals surface area contributed by atoms with E-state index in [0.717, 1.165) is 36.9 Å². The fraction of sp³-hybridized carbons (Fsp3) is 0.630. The second kappa shape index (κ2) is 7.78. The van der Waals surface area contributed by atoms with Crippen LogP contribution < -0.4 is 4.90 Å². The third kappa shape index (κ3) is 3.53. The van der Waals surface area contributed by atoms with Crippen LogP contribution in [0.3, 0.4) is 0 Å². The molecular formula is C27H38N2O4. The molecule has 0 aromatic heterocycles. The third-order valence-electron chi connectivity index (χ3n) is 7.28. The number of likely N-dealkylation sites (tertiary alicyclic amines) is 1. The normalized spacial score (nSPS) is 29.0. The van der Waals surface area contributed by atoms with Gasteiger partial charge in [0.25, 0.3) is 0 Å². The number of rotatable bonds is 1. The van der Waals surface area contributed by atoms with Crippen molar-refractivity contribution in [3.8, 4) is 0 Å². The van der Waals surface area contributed by atoms with Crippen molar-refractivity contribution in [2.24, 2.45) is 5.92 Å². The van der Waals surface area contributed by atoms with Crippen molar-refractivity contribution in [2.45, 2.75) is 95.9 Å². The Balaban J connectivity index is 1.97. The Morgan fingerprint density at radius 2 is 1.64 bits per heavy atom. The van der Waals surface area contributed by atoms with Crippen LogP contribution in [-0.4, -0.2) is 40.5 Å². The topological polar surface area (TPSA) is 59.1 Å². The van der Waals surface area contributed by atoms with E-state index in [9.17, 15) is 9.59 Å². The molecule has 1 aromatic rings. The maximum Gasteiger partial charge on any atom is 0.416 e. The lowest BCUT2D eigenvalue weighted by atomic mass is 9.63. The van der Waals surface area contributed by atoms with Crippen LogP contribution in [0.15, 0.2) is 36.9 Å². The summed E-state index contributed by atoms with van der Waals surface area (Å²) in [4.78, 5) is 31.1. The van der Waals surface area contributed by atoms with Crippen molar-refractivity contribution >= 4 is 17.9 Å². The van der Waals surface area contributed by atoms with Gasteiger partial charge in [-0.25, -0.2) is 9.59 Å². The van der Waals surface area contributed by atoms with Gasteiger partial charge < -0.3 is 9.47 Å². The zero-order chi connectivity index (χ0) is 24.2. The molecule has 3 aliphatic rings. The van der Waals surface area contributed by atoms with Crippen molar-refractivity contribution < 1.29 is 19.1 Å². The molecule has 1 saturated carbocycles. The molecule has 1 aliphatic carbocycles. The van der Waals surface area contributed by atoms with Gasteiger partial charge in [-0.2, -0.15) is 0 Å². The standard InChI is InChI=1S/C27H38N2O4/c1-8-19-13-11-12-16-27-26(19,17-18-28(27)22(30)32-24(2,3)4)20-14-9-10-15-21(20)29(27)23(31)33-25(5,6)7/h8-10,14-15,19H,1,11-13,16-18H2,2-7H3/t19?,26-,27-/m1/s1. The third-order valence-corrected chi connectivity index (χ3v) is 7.28. The van der Waals surface area contributed by atoms with E-state index in [2.05, 4.69) is 12.6 Å². The van der Waals surface area contributed by atoms with Crippen molar-refractivity contribution in [3.63, 3.8) is 0 Å². The first-order valence-corrected chi connectivity index (χ1v) is 12.1. The molecule has 0 radical (unpaired) electrons. The minimum atomic E-state index is -0.892. The van der Waals surface area contributed by atoms with E-state index in [1.54, 1.807) is 4.90 Å². The van der Waals surface area contributed by atoms with Gasteiger partial charge in [-0.05, 0) is 84.8 Å². The Hall–Kier alpha value is -2.50. The molecule has 6 nitrogen and oxygen atoms in total. The van der Waals surface area contributed by atoms with Crippen LogP contribution >= 0.6 is 0 Å². The summed E-state index contributed by atoms with van der Waals surface area (Å²) in [5, 5.41) is 0. The summed E-state index contributed by atoms with van der Waals surface area (Å²) >= 11 is 0. The monoisotopic (exact) mass is 454 g/mol. The van der Waals surface area contributed by atoms with E-state index < -0.39 is 28.4 Å². The van der Waals surface area contributed by atoms with Gasteiger partial charge in [0.05, 0.1) is 5.69 Å². The second-order valence-electron chi connectivity index (χ2n) is 11.6. The van der Waals surface area contributed by atoms with Crippen molar-refractivity contribution in [3.05, 3.63) is 42.5 Å². The van der Waals surface area contributed by atoms with E-state index in [1.807, 2.05) is 70.7 Å².